The van der Waals surface area contributed by atoms with Crippen molar-refractivity contribution in [2.24, 2.45) is 5.92 Å². The van der Waals surface area contributed by atoms with Crippen LogP contribution in [-0.4, -0.2) is 28.3 Å². The van der Waals surface area contributed by atoms with E-state index in [1.807, 2.05) is 12.2 Å². The lowest BCUT2D eigenvalue weighted by Gasteiger charge is -2.33. The number of hydrogen-bond acceptors (Lipinski definition) is 4. The predicted molar refractivity (Wildman–Crippen MR) is 119 cm³/mol. The smallest absolute Gasteiger partial charge is 0.256 e. The van der Waals surface area contributed by atoms with E-state index in [-0.39, 0.29) is 23.5 Å². The molecule has 0 saturated carbocycles. The standard InChI is InChI=1S/C25H35NO4/c1-6-10-18(2)17-30-21-15-13-19(14-16-21)22(24(3,4)28)26-23(27)25(5,29)20-11-8-7-9-12-20/h7-9,11-16,18,22,28-29H,6,10,17H2,1-5H3,(H,26,27)/t18-,22-,25-/m1/s1/i2D3,3D3,4D3,5D3. The first kappa shape index (κ1) is 11.9. The molecule has 0 bridgehead atoms. The number of benzene rings is 2. The van der Waals surface area contributed by atoms with Crippen molar-refractivity contribution >= 4 is 5.91 Å². The van der Waals surface area contributed by atoms with Gasteiger partial charge in [0.2, 0.25) is 0 Å². The van der Waals surface area contributed by atoms with Crippen molar-refractivity contribution in [1.29, 1.82) is 0 Å². The van der Waals surface area contributed by atoms with Crippen LogP contribution in [-0.2, 0) is 10.4 Å². The largest absolute Gasteiger partial charge is 0.493 e. The highest BCUT2D eigenvalue weighted by molar-refractivity contribution is 5.86. The minimum Gasteiger partial charge on any atom is -0.493 e. The average molecular weight is 426 g/mol. The van der Waals surface area contributed by atoms with Crippen LogP contribution in [0.1, 0.15) is 80.8 Å². The van der Waals surface area contributed by atoms with Crippen molar-refractivity contribution in [3.63, 3.8) is 0 Å². The summed E-state index contributed by atoms with van der Waals surface area (Å²) < 4.78 is 99.5. The van der Waals surface area contributed by atoms with Crippen molar-refractivity contribution < 1.29 is 36.2 Å². The van der Waals surface area contributed by atoms with Crippen molar-refractivity contribution in [2.45, 2.75) is 64.4 Å². The van der Waals surface area contributed by atoms with Crippen LogP contribution in [0.5, 0.6) is 5.75 Å². The molecule has 0 saturated heterocycles. The van der Waals surface area contributed by atoms with Crippen LogP contribution in [0, 0.1) is 5.92 Å². The maximum Gasteiger partial charge on any atom is 0.256 e. The Morgan fingerprint density at radius 3 is 2.37 bits per heavy atom. The fourth-order valence-electron chi connectivity index (χ4n) is 2.86. The van der Waals surface area contributed by atoms with E-state index < -0.39 is 56.5 Å². The predicted octanol–water partition coefficient (Wildman–Crippen LogP) is 4.34. The second-order valence-electron chi connectivity index (χ2n) is 7.11. The monoisotopic (exact) mass is 425 g/mol. The van der Waals surface area contributed by atoms with E-state index >= 15 is 0 Å². The van der Waals surface area contributed by atoms with Crippen LogP contribution in [0.4, 0.5) is 0 Å². The van der Waals surface area contributed by atoms with Crippen LogP contribution in [0.15, 0.2) is 54.6 Å². The molecule has 0 spiro atoms. The molecular weight excluding hydrogens is 378 g/mol. The molecule has 3 atom stereocenters. The summed E-state index contributed by atoms with van der Waals surface area (Å²) in [6, 6.07) is 9.02. The van der Waals surface area contributed by atoms with E-state index in [2.05, 4.69) is 0 Å². The summed E-state index contributed by atoms with van der Waals surface area (Å²) in [5.41, 5.74) is -7.57. The van der Waals surface area contributed by atoms with Gasteiger partial charge in [0, 0.05) is 16.4 Å². The van der Waals surface area contributed by atoms with Gasteiger partial charge in [0.15, 0.2) is 5.60 Å². The number of hydrogen-bond donors (Lipinski definition) is 3. The lowest BCUT2D eigenvalue weighted by Crippen LogP contribution is -2.49. The highest BCUT2D eigenvalue weighted by Gasteiger charge is 2.37. The highest BCUT2D eigenvalue weighted by Crippen LogP contribution is 2.29. The summed E-state index contributed by atoms with van der Waals surface area (Å²) >= 11 is 0. The number of nitrogens with one attached hydrogen (secondary N) is 1. The van der Waals surface area contributed by atoms with Crippen LogP contribution in [0.2, 0.25) is 0 Å². The lowest BCUT2D eigenvalue weighted by atomic mass is 9.89. The van der Waals surface area contributed by atoms with Gasteiger partial charge in [-0.3, -0.25) is 4.79 Å². The van der Waals surface area contributed by atoms with Crippen LogP contribution >= 0.6 is 0 Å². The second-order valence-corrected chi connectivity index (χ2v) is 7.11. The molecule has 1 amide bonds. The van der Waals surface area contributed by atoms with Crippen molar-refractivity contribution in [3.8, 4) is 5.75 Å². The Hall–Kier alpha value is -2.37. The Labute approximate surface area is 197 Å². The fourth-order valence-corrected chi connectivity index (χ4v) is 2.86. The van der Waals surface area contributed by atoms with Gasteiger partial charge in [-0.2, -0.15) is 0 Å². The van der Waals surface area contributed by atoms with Gasteiger partial charge >= 0.3 is 0 Å². The van der Waals surface area contributed by atoms with E-state index in [1.54, 1.807) is 0 Å². The molecule has 0 heterocycles. The summed E-state index contributed by atoms with van der Waals surface area (Å²) in [4.78, 5) is 13.5. The molecule has 0 radical (unpaired) electrons. The van der Waals surface area contributed by atoms with E-state index in [0.717, 1.165) is 24.3 Å². The summed E-state index contributed by atoms with van der Waals surface area (Å²) in [7, 11) is 0. The van der Waals surface area contributed by atoms with Gasteiger partial charge in [0.25, 0.3) is 5.91 Å². The lowest BCUT2D eigenvalue weighted by molar-refractivity contribution is -0.141. The molecule has 0 aliphatic carbocycles. The molecule has 2 aromatic carbocycles. The van der Waals surface area contributed by atoms with Gasteiger partial charge in [-0.15, -0.1) is 0 Å². The number of rotatable bonds is 10. The zero-order valence-corrected chi connectivity index (χ0v) is 16.7. The average Bonchev–Trinajstić information content (AvgIpc) is 2.86. The Kier molecular flexibility index (Phi) is 3.99. The SMILES string of the molecule is [2H]C([2H])([2H])[C@H](CCC)COc1ccc([C@@H](NC(=O)[C@](O)(c2ccccc2)C([2H])([2H])[2H])C(O)(C([2H])([2H])[2H])C([2H])([2H])[2H])cc1. The normalized spacial score (nSPS) is 23.3. The Bertz CT molecular complexity index is 1160. The molecule has 2 aromatic rings. The molecule has 2 rings (SSSR count). The Balaban J connectivity index is 2.61. The van der Waals surface area contributed by atoms with E-state index in [9.17, 15) is 15.0 Å². The van der Waals surface area contributed by atoms with Gasteiger partial charge in [0.1, 0.15) is 5.75 Å². The fraction of sp³-hybridized carbons (Fsp3) is 0.480. The Morgan fingerprint density at radius 2 is 1.80 bits per heavy atom. The molecule has 3 N–H and O–H groups in total. The first-order valence-corrected chi connectivity index (χ1v) is 9.55. The number of amides is 1. The third kappa shape index (κ3) is 6.31. The summed E-state index contributed by atoms with van der Waals surface area (Å²) in [5.74, 6) is -2.32. The van der Waals surface area contributed by atoms with Crippen molar-refractivity contribution in [1.82, 2.24) is 5.32 Å². The highest BCUT2D eigenvalue weighted by atomic mass is 16.5. The minimum atomic E-state index is -3.65. The first-order valence-electron chi connectivity index (χ1n) is 15.6. The maximum absolute atomic E-state index is 13.5. The van der Waals surface area contributed by atoms with E-state index in [0.29, 0.717) is 12.8 Å². The molecule has 5 heteroatoms. The molecule has 0 fully saturated rings. The van der Waals surface area contributed by atoms with Gasteiger partial charge in [0.05, 0.1) is 18.2 Å². The van der Waals surface area contributed by atoms with Crippen molar-refractivity contribution in [3.05, 3.63) is 65.7 Å². The third-order valence-electron chi connectivity index (χ3n) is 4.52. The second kappa shape index (κ2) is 10.1. The van der Waals surface area contributed by atoms with Crippen LogP contribution in [0.25, 0.3) is 0 Å². The third-order valence-corrected chi connectivity index (χ3v) is 4.52. The number of carbonyl (C=O) groups excluding carboxylic acids is 1. The van der Waals surface area contributed by atoms with Gasteiger partial charge in [-0.05, 0) is 56.2 Å². The molecule has 30 heavy (non-hydrogen) atoms. The van der Waals surface area contributed by atoms with Crippen LogP contribution in [0.3, 0.4) is 0 Å². The summed E-state index contributed by atoms with van der Waals surface area (Å²) in [6.45, 7) is -11.3. The van der Waals surface area contributed by atoms with Gasteiger partial charge < -0.3 is 20.3 Å². The number of carbonyl (C=O) groups is 1. The number of ether oxygens (including phenoxy) is 1. The molecule has 5 nitrogen and oxygen atoms in total. The zero-order chi connectivity index (χ0) is 32.4. The Morgan fingerprint density at radius 1 is 1.10 bits per heavy atom. The zero-order valence-electron chi connectivity index (χ0n) is 28.7. The topological polar surface area (TPSA) is 78.8 Å². The summed E-state index contributed by atoms with van der Waals surface area (Å²) in [5, 5.41) is 24.6. The molecule has 0 aliphatic heterocycles. The van der Waals surface area contributed by atoms with E-state index in [1.165, 1.54) is 30.3 Å². The van der Waals surface area contributed by atoms with Gasteiger partial charge in [-0.1, -0.05) is 62.7 Å². The first-order chi connectivity index (χ1) is 19.0. The summed E-state index contributed by atoms with van der Waals surface area (Å²) in [6.07, 6.45) is 0.960. The minimum absolute atomic E-state index is 0.128. The molecule has 164 valence electrons. The van der Waals surface area contributed by atoms with Crippen LogP contribution < -0.4 is 10.1 Å². The maximum atomic E-state index is 13.5. The van der Waals surface area contributed by atoms with Gasteiger partial charge in [-0.25, -0.2) is 0 Å². The van der Waals surface area contributed by atoms with Crippen molar-refractivity contribution in [2.75, 3.05) is 6.61 Å². The quantitative estimate of drug-likeness (QED) is 0.529. The molecule has 0 unspecified atom stereocenters. The molecular formula is C25H35NO4. The number of aliphatic hydroxyl groups is 2. The molecule has 0 aliphatic rings. The van der Waals surface area contributed by atoms with E-state index in [4.69, 9.17) is 21.2 Å². The molecule has 0 aromatic heterocycles.